The van der Waals surface area contributed by atoms with E-state index < -0.39 is 30.1 Å². The second-order valence-electron chi connectivity index (χ2n) is 4.25. The van der Waals surface area contributed by atoms with Crippen LogP contribution in [0.4, 0.5) is 0 Å². The highest BCUT2D eigenvalue weighted by Crippen LogP contribution is 1.99. The molecule has 0 heterocycles. The normalized spacial score (nSPS) is 13.3. The van der Waals surface area contributed by atoms with E-state index in [1.807, 2.05) is 0 Å². The lowest BCUT2D eigenvalue weighted by atomic mass is 10.1. The van der Waals surface area contributed by atoms with Gasteiger partial charge < -0.3 is 15.5 Å². The zero-order valence-corrected chi connectivity index (χ0v) is 9.20. The van der Waals surface area contributed by atoms with Gasteiger partial charge in [0.1, 0.15) is 6.04 Å². The molecule has 0 radical (unpaired) electrons. The van der Waals surface area contributed by atoms with Crippen LogP contribution in [0.5, 0.6) is 0 Å². The fourth-order valence-electron chi connectivity index (χ4n) is 0.907. The molecule has 6 nitrogen and oxygen atoms in total. The first kappa shape index (κ1) is 13.9. The molecular weight excluding hydrogens is 200 g/mol. The van der Waals surface area contributed by atoms with Crippen molar-refractivity contribution < 1.29 is 19.8 Å². The minimum Gasteiger partial charge on any atom is -0.480 e. The highest BCUT2D eigenvalue weighted by Gasteiger charge is 2.22. The van der Waals surface area contributed by atoms with Crippen LogP contribution in [0.25, 0.3) is 0 Å². The maximum atomic E-state index is 11.5. The summed E-state index contributed by atoms with van der Waals surface area (Å²) in [5.74, 6) is -1.48. The summed E-state index contributed by atoms with van der Waals surface area (Å²) < 4.78 is 0. The predicted molar refractivity (Wildman–Crippen MR) is 54.4 cm³/mol. The van der Waals surface area contributed by atoms with E-state index in [4.69, 9.17) is 10.2 Å². The number of hydrogen-bond donors (Lipinski definition) is 4. The van der Waals surface area contributed by atoms with Gasteiger partial charge in [-0.2, -0.15) is 0 Å². The first-order valence-electron chi connectivity index (χ1n) is 4.64. The van der Waals surface area contributed by atoms with Gasteiger partial charge in [0.05, 0.1) is 13.2 Å². The minimum absolute atomic E-state index is 0.358. The van der Waals surface area contributed by atoms with Gasteiger partial charge in [-0.25, -0.2) is 0 Å². The number of hydrogen-bond acceptors (Lipinski definition) is 4. The maximum absolute atomic E-state index is 11.5. The molecule has 0 aliphatic heterocycles. The van der Waals surface area contributed by atoms with Crippen LogP contribution in [0.3, 0.4) is 0 Å². The molecule has 0 fully saturated rings. The lowest BCUT2D eigenvalue weighted by Gasteiger charge is -2.24. The number of carboxylic acid groups (broad SMARTS) is 1. The quantitative estimate of drug-likeness (QED) is 0.471. The molecular formula is C9H18N2O4. The summed E-state index contributed by atoms with van der Waals surface area (Å²) in [5.41, 5.74) is -0.407. The standard InChI is InChI=1S/C9H18N2O4/c1-9(2,3)11-8(15)6(5-12)10-4-7(13)14/h6,10,12H,4-5H2,1-3H3,(H,11,15)(H,13,14)/t6-/m0/s1. The van der Waals surface area contributed by atoms with Crippen LogP contribution in [0, 0.1) is 0 Å². The summed E-state index contributed by atoms with van der Waals surface area (Å²) in [4.78, 5) is 21.7. The van der Waals surface area contributed by atoms with Gasteiger partial charge in [0, 0.05) is 5.54 Å². The van der Waals surface area contributed by atoms with Crippen molar-refractivity contribution in [3.8, 4) is 0 Å². The van der Waals surface area contributed by atoms with Crippen molar-refractivity contribution in [2.24, 2.45) is 0 Å². The Morgan fingerprint density at radius 2 is 1.87 bits per heavy atom. The van der Waals surface area contributed by atoms with Crippen LogP contribution in [-0.4, -0.2) is 46.8 Å². The topological polar surface area (TPSA) is 98.7 Å². The van der Waals surface area contributed by atoms with Crippen molar-refractivity contribution in [3.05, 3.63) is 0 Å². The Bertz CT molecular complexity index is 235. The third kappa shape index (κ3) is 6.87. The molecule has 0 saturated heterocycles. The van der Waals surface area contributed by atoms with E-state index in [9.17, 15) is 9.59 Å². The largest absolute Gasteiger partial charge is 0.480 e. The van der Waals surface area contributed by atoms with E-state index in [0.717, 1.165) is 0 Å². The molecule has 4 N–H and O–H groups in total. The van der Waals surface area contributed by atoms with E-state index >= 15 is 0 Å². The van der Waals surface area contributed by atoms with E-state index in [1.165, 1.54) is 0 Å². The lowest BCUT2D eigenvalue weighted by molar-refractivity contribution is -0.136. The molecule has 0 unspecified atom stereocenters. The molecule has 15 heavy (non-hydrogen) atoms. The molecule has 1 atom stereocenters. The van der Waals surface area contributed by atoms with Gasteiger partial charge in [0.2, 0.25) is 5.91 Å². The molecule has 0 aliphatic rings. The van der Waals surface area contributed by atoms with Crippen molar-refractivity contribution in [2.45, 2.75) is 32.4 Å². The first-order chi connectivity index (χ1) is 6.76. The van der Waals surface area contributed by atoms with Crippen molar-refractivity contribution in [2.75, 3.05) is 13.2 Å². The fourth-order valence-corrected chi connectivity index (χ4v) is 0.907. The number of nitrogens with one attached hydrogen (secondary N) is 2. The summed E-state index contributed by atoms with van der Waals surface area (Å²) in [6, 6.07) is -0.889. The smallest absolute Gasteiger partial charge is 0.317 e. The number of carbonyl (C=O) groups is 2. The average Bonchev–Trinajstić information content (AvgIpc) is 2.01. The second kappa shape index (κ2) is 5.67. The van der Waals surface area contributed by atoms with Crippen molar-refractivity contribution in [1.29, 1.82) is 0 Å². The Balaban J connectivity index is 4.16. The average molecular weight is 218 g/mol. The predicted octanol–water partition coefficient (Wildman–Crippen LogP) is -1.06. The molecule has 0 rings (SSSR count). The number of rotatable bonds is 5. The molecule has 0 spiro atoms. The van der Waals surface area contributed by atoms with Crippen LogP contribution >= 0.6 is 0 Å². The van der Waals surface area contributed by atoms with Crippen LogP contribution in [-0.2, 0) is 9.59 Å². The van der Waals surface area contributed by atoms with Crippen LogP contribution < -0.4 is 10.6 Å². The third-order valence-electron chi connectivity index (χ3n) is 1.50. The maximum Gasteiger partial charge on any atom is 0.317 e. The van der Waals surface area contributed by atoms with Crippen LogP contribution in [0.2, 0.25) is 0 Å². The number of amides is 1. The molecule has 0 saturated carbocycles. The Morgan fingerprint density at radius 1 is 1.33 bits per heavy atom. The van der Waals surface area contributed by atoms with Gasteiger partial charge in [-0.3, -0.25) is 14.9 Å². The summed E-state index contributed by atoms with van der Waals surface area (Å²) >= 11 is 0. The zero-order valence-electron chi connectivity index (χ0n) is 9.20. The van der Waals surface area contributed by atoms with Gasteiger partial charge in [-0.05, 0) is 20.8 Å². The first-order valence-corrected chi connectivity index (χ1v) is 4.64. The Labute approximate surface area is 88.7 Å². The monoisotopic (exact) mass is 218 g/mol. The Morgan fingerprint density at radius 3 is 2.20 bits per heavy atom. The summed E-state index contributed by atoms with van der Waals surface area (Å²) in [6.45, 7) is 4.61. The highest BCUT2D eigenvalue weighted by molar-refractivity contribution is 5.83. The van der Waals surface area contributed by atoms with E-state index in [1.54, 1.807) is 20.8 Å². The third-order valence-corrected chi connectivity index (χ3v) is 1.50. The van der Waals surface area contributed by atoms with Gasteiger partial charge >= 0.3 is 5.97 Å². The zero-order chi connectivity index (χ0) is 12.1. The number of carbonyl (C=O) groups excluding carboxylic acids is 1. The van der Waals surface area contributed by atoms with E-state index in [-0.39, 0.29) is 6.54 Å². The van der Waals surface area contributed by atoms with Gasteiger partial charge in [-0.15, -0.1) is 0 Å². The van der Waals surface area contributed by atoms with Crippen LogP contribution in [0.15, 0.2) is 0 Å². The van der Waals surface area contributed by atoms with E-state index in [0.29, 0.717) is 0 Å². The summed E-state index contributed by atoms with van der Waals surface area (Å²) in [5, 5.41) is 22.4. The molecule has 6 heteroatoms. The van der Waals surface area contributed by atoms with Gasteiger partial charge in [-0.1, -0.05) is 0 Å². The molecule has 0 aromatic heterocycles. The van der Waals surface area contributed by atoms with Gasteiger partial charge in [0.15, 0.2) is 0 Å². The van der Waals surface area contributed by atoms with E-state index in [2.05, 4.69) is 10.6 Å². The van der Waals surface area contributed by atoms with Crippen molar-refractivity contribution >= 4 is 11.9 Å². The molecule has 0 aromatic rings. The molecule has 0 bridgehead atoms. The number of carboxylic acids is 1. The Hall–Kier alpha value is -1.14. The van der Waals surface area contributed by atoms with Crippen molar-refractivity contribution in [1.82, 2.24) is 10.6 Å². The SMILES string of the molecule is CC(C)(C)NC(=O)[C@H](CO)NCC(=O)O. The molecule has 88 valence electrons. The number of aliphatic hydroxyl groups excluding tert-OH is 1. The number of aliphatic carboxylic acids is 1. The molecule has 0 aromatic carbocycles. The summed E-state index contributed by atoms with van der Waals surface area (Å²) in [7, 11) is 0. The highest BCUT2D eigenvalue weighted by atomic mass is 16.4. The minimum atomic E-state index is -1.07. The Kier molecular flexibility index (Phi) is 5.24. The van der Waals surface area contributed by atoms with Crippen molar-refractivity contribution in [3.63, 3.8) is 0 Å². The second-order valence-corrected chi connectivity index (χ2v) is 4.25. The van der Waals surface area contributed by atoms with Crippen LogP contribution in [0.1, 0.15) is 20.8 Å². The summed E-state index contributed by atoms with van der Waals surface area (Å²) in [6.07, 6.45) is 0. The number of aliphatic hydroxyl groups is 1. The lowest BCUT2D eigenvalue weighted by Crippen LogP contribution is -2.53. The van der Waals surface area contributed by atoms with Gasteiger partial charge in [0.25, 0.3) is 0 Å². The molecule has 1 amide bonds. The molecule has 0 aliphatic carbocycles. The fraction of sp³-hybridized carbons (Fsp3) is 0.778.